The maximum atomic E-state index is 13.4. The summed E-state index contributed by atoms with van der Waals surface area (Å²) in [6, 6.07) is 9.17. The molecule has 106 valence electrons. The molecule has 0 aliphatic heterocycles. The second-order valence-corrected chi connectivity index (χ2v) is 5.03. The highest BCUT2D eigenvalue weighted by Crippen LogP contribution is 2.30. The minimum atomic E-state index is -1.36. The van der Waals surface area contributed by atoms with Crippen LogP contribution in [0.2, 0.25) is 0 Å². The van der Waals surface area contributed by atoms with E-state index in [1.807, 2.05) is 6.07 Å². The Hall–Kier alpha value is -2.59. The number of nitrogens with one attached hydrogen (secondary N) is 1. The molecule has 0 aliphatic carbocycles. The number of nitrogens with two attached hydrogens (primary N) is 1. The van der Waals surface area contributed by atoms with Crippen LogP contribution in [0, 0.1) is 17.1 Å². The van der Waals surface area contributed by atoms with E-state index in [0.29, 0.717) is 15.7 Å². The fourth-order valence-electron chi connectivity index (χ4n) is 1.79. The van der Waals surface area contributed by atoms with Crippen molar-refractivity contribution in [3.05, 3.63) is 51.7 Å². The lowest BCUT2D eigenvalue weighted by Crippen LogP contribution is -2.09. The minimum Gasteiger partial charge on any atom is -0.478 e. The molecular weight excluding hydrogens is 341 g/mol. The lowest BCUT2D eigenvalue weighted by molar-refractivity contribution is 0.0698. The molecule has 5 nitrogen and oxygen atoms in total. The third-order valence-corrected chi connectivity index (χ3v) is 3.27. The molecule has 0 bridgehead atoms. The molecule has 0 unspecified atom stereocenters. The second-order valence-electron chi connectivity index (χ2n) is 4.12. The zero-order valence-corrected chi connectivity index (χ0v) is 12.1. The van der Waals surface area contributed by atoms with Crippen molar-refractivity contribution in [2.75, 3.05) is 11.1 Å². The highest BCUT2D eigenvalue weighted by molar-refractivity contribution is 9.10. The van der Waals surface area contributed by atoms with E-state index in [-0.39, 0.29) is 11.3 Å². The molecule has 0 aromatic heterocycles. The first kappa shape index (κ1) is 14.8. The zero-order chi connectivity index (χ0) is 15.6. The Morgan fingerprint density at radius 3 is 2.67 bits per heavy atom. The summed E-state index contributed by atoms with van der Waals surface area (Å²) in [5, 5.41) is 21.0. The number of aromatic carboxylic acids is 1. The molecular formula is C14H9BrFN3O2. The Bertz CT molecular complexity index is 772. The first-order valence-electron chi connectivity index (χ1n) is 5.72. The third-order valence-electron chi connectivity index (χ3n) is 2.78. The molecule has 0 aliphatic rings. The molecule has 2 aromatic rings. The Morgan fingerprint density at radius 2 is 2.05 bits per heavy atom. The maximum Gasteiger partial charge on any atom is 0.340 e. The van der Waals surface area contributed by atoms with Crippen molar-refractivity contribution in [2.45, 2.75) is 0 Å². The zero-order valence-electron chi connectivity index (χ0n) is 10.5. The number of nitrogen functional groups attached to an aromatic ring is 1. The molecule has 7 heteroatoms. The number of carbonyl (C=O) groups is 1. The number of hydrogen-bond donors (Lipinski definition) is 3. The first-order valence-corrected chi connectivity index (χ1v) is 6.51. The number of hydrogen-bond acceptors (Lipinski definition) is 4. The van der Waals surface area contributed by atoms with E-state index in [9.17, 15) is 9.18 Å². The molecule has 0 amide bonds. The second kappa shape index (κ2) is 5.81. The molecule has 2 aromatic carbocycles. The third kappa shape index (κ3) is 2.95. The maximum absolute atomic E-state index is 13.4. The number of anilines is 3. The van der Waals surface area contributed by atoms with Crippen LogP contribution in [0.15, 0.2) is 34.8 Å². The van der Waals surface area contributed by atoms with Gasteiger partial charge in [0.15, 0.2) is 0 Å². The largest absolute Gasteiger partial charge is 0.478 e. The number of carboxylic acids is 1. The van der Waals surface area contributed by atoms with Crippen LogP contribution in [0.4, 0.5) is 21.5 Å². The Kier molecular flexibility index (Phi) is 4.10. The fraction of sp³-hybridized carbons (Fsp3) is 0. The van der Waals surface area contributed by atoms with Gasteiger partial charge in [0.2, 0.25) is 0 Å². The highest BCUT2D eigenvalue weighted by Gasteiger charge is 2.18. The molecule has 4 N–H and O–H groups in total. The van der Waals surface area contributed by atoms with Crippen LogP contribution in [0.5, 0.6) is 0 Å². The van der Waals surface area contributed by atoms with Gasteiger partial charge in [-0.05, 0) is 30.3 Å². The number of benzene rings is 2. The van der Waals surface area contributed by atoms with Gasteiger partial charge in [-0.25, -0.2) is 9.18 Å². The van der Waals surface area contributed by atoms with Crippen LogP contribution in [-0.4, -0.2) is 11.1 Å². The van der Waals surface area contributed by atoms with Gasteiger partial charge in [0.05, 0.1) is 22.6 Å². The fourth-order valence-corrected chi connectivity index (χ4v) is 2.15. The first-order chi connectivity index (χ1) is 9.93. The SMILES string of the molecule is N#Cc1ccc(Br)cc1Nc1ccc(F)c(N)c1C(=O)O. The van der Waals surface area contributed by atoms with Crippen LogP contribution >= 0.6 is 15.9 Å². The van der Waals surface area contributed by atoms with Crippen molar-refractivity contribution in [1.29, 1.82) is 5.26 Å². The van der Waals surface area contributed by atoms with Gasteiger partial charge in [0.1, 0.15) is 17.4 Å². The van der Waals surface area contributed by atoms with Gasteiger partial charge in [0, 0.05) is 4.47 Å². The van der Waals surface area contributed by atoms with Crippen LogP contribution in [0.3, 0.4) is 0 Å². The average molecular weight is 350 g/mol. The smallest absolute Gasteiger partial charge is 0.340 e. The number of nitrogens with zero attached hydrogens (tertiary/aromatic N) is 1. The average Bonchev–Trinajstić information content (AvgIpc) is 2.43. The molecule has 21 heavy (non-hydrogen) atoms. The number of halogens is 2. The van der Waals surface area contributed by atoms with E-state index in [2.05, 4.69) is 21.2 Å². The van der Waals surface area contributed by atoms with E-state index in [4.69, 9.17) is 16.1 Å². The van der Waals surface area contributed by atoms with Crippen molar-refractivity contribution < 1.29 is 14.3 Å². The van der Waals surface area contributed by atoms with Crippen molar-refractivity contribution in [3.63, 3.8) is 0 Å². The van der Waals surface area contributed by atoms with Crippen LogP contribution < -0.4 is 11.1 Å². The van der Waals surface area contributed by atoms with E-state index in [0.717, 1.165) is 6.07 Å². The summed E-state index contributed by atoms with van der Waals surface area (Å²) in [5.74, 6) is -2.17. The molecule has 0 spiro atoms. The molecule has 0 atom stereocenters. The van der Waals surface area contributed by atoms with Crippen molar-refractivity contribution >= 4 is 39.0 Å². The molecule has 0 saturated carbocycles. The molecule has 0 saturated heterocycles. The minimum absolute atomic E-state index is 0.107. The van der Waals surface area contributed by atoms with Gasteiger partial charge >= 0.3 is 5.97 Å². The Labute approximate surface area is 127 Å². The summed E-state index contributed by atoms with van der Waals surface area (Å²) >= 11 is 3.26. The Balaban J connectivity index is 2.55. The van der Waals surface area contributed by atoms with Crippen LogP contribution in [-0.2, 0) is 0 Å². The number of rotatable bonds is 3. The molecule has 0 fully saturated rings. The van der Waals surface area contributed by atoms with Crippen LogP contribution in [0.25, 0.3) is 0 Å². The van der Waals surface area contributed by atoms with Crippen molar-refractivity contribution in [1.82, 2.24) is 0 Å². The van der Waals surface area contributed by atoms with Crippen molar-refractivity contribution in [3.8, 4) is 6.07 Å². The summed E-state index contributed by atoms with van der Waals surface area (Å²) in [5.41, 5.74) is 5.45. The molecule has 0 heterocycles. The Morgan fingerprint density at radius 1 is 1.33 bits per heavy atom. The molecule has 0 radical (unpaired) electrons. The van der Waals surface area contributed by atoms with Gasteiger partial charge in [-0.3, -0.25) is 0 Å². The lowest BCUT2D eigenvalue weighted by atomic mass is 10.1. The predicted octanol–water partition coefficient (Wildman–Crippen LogP) is 3.48. The number of nitriles is 1. The van der Waals surface area contributed by atoms with Gasteiger partial charge in [-0.15, -0.1) is 0 Å². The van der Waals surface area contributed by atoms with Gasteiger partial charge in [-0.2, -0.15) is 5.26 Å². The van der Waals surface area contributed by atoms with Gasteiger partial charge < -0.3 is 16.2 Å². The van der Waals surface area contributed by atoms with E-state index in [1.165, 1.54) is 6.07 Å². The van der Waals surface area contributed by atoms with Crippen LogP contribution in [0.1, 0.15) is 15.9 Å². The monoisotopic (exact) mass is 349 g/mol. The summed E-state index contributed by atoms with van der Waals surface area (Å²) in [6.07, 6.45) is 0. The normalized spacial score (nSPS) is 9.95. The quantitative estimate of drug-likeness (QED) is 0.736. The topological polar surface area (TPSA) is 99.1 Å². The van der Waals surface area contributed by atoms with E-state index >= 15 is 0 Å². The van der Waals surface area contributed by atoms with E-state index in [1.54, 1.807) is 18.2 Å². The standard InChI is InChI=1S/C14H9BrFN3O2/c15-8-2-1-7(6-17)11(5-8)19-10-4-3-9(16)13(18)12(10)14(20)21/h1-5,19H,18H2,(H,20,21). The summed E-state index contributed by atoms with van der Waals surface area (Å²) in [7, 11) is 0. The number of carboxylic acid groups (broad SMARTS) is 1. The summed E-state index contributed by atoms with van der Waals surface area (Å²) in [6.45, 7) is 0. The van der Waals surface area contributed by atoms with Gasteiger partial charge in [-0.1, -0.05) is 15.9 Å². The summed E-state index contributed by atoms with van der Waals surface area (Å²) < 4.78 is 14.1. The summed E-state index contributed by atoms with van der Waals surface area (Å²) in [4.78, 5) is 11.2. The lowest BCUT2D eigenvalue weighted by Gasteiger charge is -2.13. The van der Waals surface area contributed by atoms with Crippen molar-refractivity contribution in [2.24, 2.45) is 0 Å². The predicted molar refractivity (Wildman–Crippen MR) is 79.9 cm³/mol. The molecule has 2 rings (SSSR count). The highest BCUT2D eigenvalue weighted by atomic mass is 79.9. The van der Waals surface area contributed by atoms with E-state index < -0.39 is 17.5 Å². The van der Waals surface area contributed by atoms with Gasteiger partial charge in [0.25, 0.3) is 0 Å².